The van der Waals surface area contributed by atoms with Gasteiger partial charge in [0.2, 0.25) is 5.91 Å². The Kier molecular flexibility index (Phi) is 4.52. The number of thioether (sulfide) groups is 1. The van der Waals surface area contributed by atoms with Crippen LogP contribution < -0.4 is 11.1 Å². The molecule has 6 heteroatoms. The Labute approximate surface area is 111 Å². The van der Waals surface area contributed by atoms with Gasteiger partial charge in [-0.3, -0.25) is 9.48 Å². The lowest BCUT2D eigenvalue weighted by molar-refractivity contribution is -0.122. The fourth-order valence-corrected chi connectivity index (χ4v) is 3.07. The first-order valence-electron chi connectivity index (χ1n) is 6.28. The number of nitrogens with one attached hydrogen (secondary N) is 1. The van der Waals surface area contributed by atoms with Gasteiger partial charge in [0, 0.05) is 17.5 Å². The van der Waals surface area contributed by atoms with E-state index < -0.39 is 0 Å². The maximum atomic E-state index is 11.8. The zero-order chi connectivity index (χ0) is 13.0. The molecular weight excluding hydrogens is 248 g/mol. The minimum Gasteiger partial charge on any atom is -0.382 e. The summed E-state index contributed by atoms with van der Waals surface area (Å²) in [5.41, 5.74) is 5.50. The van der Waals surface area contributed by atoms with Crippen LogP contribution in [0, 0.1) is 0 Å². The second-order valence-electron chi connectivity index (χ2n) is 4.72. The van der Waals surface area contributed by atoms with Crippen LogP contribution in [0.2, 0.25) is 0 Å². The lowest BCUT2D eigenvalue weighted by Crippen LogP contribution is -2.39. The first-order valence-corrected chi connectivity index (χ1v) is 7.57. The molecule has 0 radical (unpaired) electrons. The number of nitrogens with zero attached hydrogens (tertiary/aromatic N) is 2. The average Bonchev–Trinajstić information content (AvgIpc) is 2.75. The van der Waals surface area contributed by atoms with E-state index in [1.807, 2.05) is 11.8 Å². The predicted molar refractivity (Wildman–Crippen MR) is 74.3 cm³/mol. The molecule has 0 aliphatic heterocycles. The Morgan fingerprint density at radius 3 is 2.83 bits per heavy atom. The van der Waals surface area contributed by atoms with Crippen molar-refractivity contribution in [1.82, 2.24) is 15.1 Å². The fraction of sp³-hybridized carbons (Fsp3) is 0.667. The van der Waals surface area contributed by atoms with Gasteiger partial charge in [0.25, 0.3) is 0 Å². The van der Waals surface area contributed by atoms with Gasteiger partial charge in [-0.2, -0.15) is 16.9 Å². The van der Waals surface area contributed by atoms with Crippen molar-refractivity contribution in [3.63, 3.8) is 0 Å². The summed E-state index contributed by atoms with van der Waals surface area (Å²) in [6.07, 6.45) is 8.43. The SMILES string of the molecule is CSC1CCC(NC(=O)Cn2ccc(N)n2)CC1. The third kappa shape index (κ3) is 3.66. The molecule has 0 bridgehead atoms. The summed E-state index contributed by atoms with van der Waals surface area (Å²) in [7, 11) is 0. The minimum absolute atomic E-state index is 0.0192. The van der Waals surface area contributed by atoms with Crippen molar-refractivity contribution in [2.24, 2.45) is 0 Å². The molecule has 1 saturated carbocycles. The Morgan fingerprint density at radius 1 is 1.56 bits per heavy atom. The zero-order valence-electron chi connectivity index (χ0n) is 10.6. The largest absolute Gasteiger partial charge is 0.382 e. The summed E-state index contributed by atoms with van der Waals surface area (Å²) in [6.45, 7) is 0.250. The molecule has 1 aromatic heterocycles. The Balaban J connectivity index is 1.75. The number of nitrogens with two attached hydrogens (primary N) is 1. The van der Waals surface area contributed by atoms with Crippen molar-refractivity contribution in [2.45, 2.75) is 43.5 Å². The zero-order valence-corrected chi connectivity index (χ0v) is 11.4. The van der Waals surface area contributed by atoms with E-state index in [2.05, 4.69) is 16.7 Å². The smallest absolute Gasteiger partial charge is 0.241 e. The number of hydrogen-bond acceptors (Lipinski definition) is 4. The molecule has 5 nitrogen and oxygen atoms in total. The van der Waals surface area contributed by atoms with E-state index in [9.17, 15) is 4.79 Å². The summed E-state index contributed by atoms with van der Waals surface area (Å²) >= 11 is 1.93. The van der Waals surface area contributed by atoms with E-state index in [4.69, 9.17) is 5.73 Å². The van der Waals surface area contributed by atoms with Crippen LogP contribution in [-0.2, 0) is 11.3 Å². The summed E-state index contributed by atoms with van der Waals surface area (Å²) in [5.74, 6) is 0.467. The van der Waals surface area contributed by atoms with Gasteiger partial charge in [0.15, 0.2) is 0 Å². The molecule has 100 valence electrons. The van der Waals surface area contributed by atoms with Crippen molar-refractivity contribution in [3.05, 3.63) is 12.3 Å². The first-order chi connectivity index (χ1) is 8.67. The standard InChI is InChI=1S/C12H20N4OS/c1-18-10-4-2-9(3-5-10)14-12(17)8-16-7-6-11(13)15-16/h6-7,9-10H,2-5,8H2,1H3,(H2,13,15)(H,14,17). The normalized spacial score (nSPS) is 23.8. The monoisotopic (exact) mass is 268 g/mol. The summed E-state index contributed by atoms with van der Waals surface area (Å²) in [4.78, 5) is 11.8. The third-order valence-electron chi connectivity index (χ3n) is 3.34. The molecule has 2 rings (SSSR count). The van der Waals surface area contributed by atoms with Crippen molar-refractivity contribution in [3.8, 4) is 0 Å². The number of carbonyl (C=O) groups is 1. The lowest BCUT2D eigenvalue weighted by Gasteiger charge is -2.28. The van der Waals surface area contributed by atoms with Crippen LogP contribution in [0.15, 0.2) is 12.3 Å². The maximum absolute atomic E-state index is 11.8. The Morgan fingerprint density at radius 2 is 2.28 bits per heavy atom. The highest BCUT2D eigenvalue weighted by Crippen LogP contribution is 2.26. The van der Waals surface area contributed by atoms with Crippen LogP contribution in [0.3, 0.4) is 0 Å². The second-order valence-corrected chi connectivity index (χ2v) is 5.85. The fourth-order valence-electron chi connectivity index (χ4n) is 2.33. The minimum atomic E-state index is 0.0192. The molecule has 0 spiro atoms. The lowest BCUT2D eigenvalue weighted by atomic mass is 9.95. The molecule has 0 unspecified atom stereocenters. The summed E-state index contributed by atoms with van der Waals surface area (Å²) in [5, 5.41) is 7.84. The average molecular weight is 268 g/mol. The van der Waals surface area contributed by atoms with Crippen LogP contribution in [0.4, 0.5) is 5.82 Å². The highest BCUT2D eigenvalue weighted by Gasteiger charge is 2.21. The molecule has 3 N–H and O–H groups in total. The molecule has 1 amide bonds. The van der Waals surface area contributed by atoms with Gasteiger partial charge in [0.05, 0.1) is 0 Å². The number of nitrogen functional groups attached to an aromatic ring is 1. The van der Waals surface area contributed by atoms with Crippen molar-refractivity contribution in [1.29, 1.82) is 0 Å². The number of anilines is 1. The van der Waals surface area contributed by atoms with Crippen molar-refractivity contribution >= 4 is 23.5 Å². The first kappa shape index (κ1) is 13.3. The molecule has 1 heterocycles. The van der Waals surface area contributed by atoms with Gasteiger partial charge < -0.3 is 11.1 Å². The molecule has 1 fully saturated rings. The van der Waals surface area contributed by atoms with E-state index in [1.54, 1.807) is 16.9 Å². The van der Waals surface area contributed by atoms with Gasteiger partial charge in [0.1, 0.15) is 12.4 Å². The van der Waals surface area contributed by atoms with E-state index in [1.165, 1.54) is 12.8 Å². The molecular formula is C12H20N4OS. The topological polar surface area (TPSA) is 72.9 Å². The van der Waals surface area contributed by atoms with Crippen LogP contribution in [0.5, 0.6) is 0 Å². The van der Waals surface area contributed by atoms with Gasteiger partial charge >= 0.3 is 0 Å². The number of carbonyl (C=O) groups excluding carboxylic acids is 1. The molecule has 0 saturated heterocycles. The Hall–Kier alpha value is -1.17. The molecule has 1 aliphatic rings. The second kappa shape index (κ2) is 6.13. The van der Waals surface area contributed by atoms with E-state index in [-0.39, 0.29) is 12.5 Å². The maximum Gasteiger partial charge on any atom is 0.241 e. The van der Waals surface area contributed by atoms with E-state index >= 15 is 0 Å². The predicted octanol–water partition coefficient (Wildman–Crippen LogP) is 1.26. The van der Waals surface area contributed by atoms with Gasteiger partial charge in [-0.05, 0) is 38.0 Å². The van der Waals surface area contributed by atoms with E-state index in [0.717, 1.165) is 18.1 Å². The van der Waals surface area contributed by atoms with Crippen LogP contribution >= 0.6 is 11.8 Å². The molecule has 0 atom stereocenters. The van der Waals surface area contributed by atoms with E-state index in [0.29, 0.717) is 11.9 Å². The number of amides is 1. The number of hydrogen-bond donors (Lipinski definition) is 2. The quantitative estimate of drug-likeness (QED) is 0.862. The highest BCUT2D eigenvalue weighted by molar-refractivity contribution is 7.99. The van der Waals surface area contributed by atoms with Gasteiger partial charge in [-0.25, -0.2) is 0 Å². The van der Waals surface area contributed by atoms with Crippen LogP contribution in [0.25, 0.3) is 0 Å². The molecule has 1 aromatic rings. The summed E-state index contributed by atoms with van der Waals surface area (Å²) < 4.78 is 1.57. The highest BCUT2D eigenvalue weighted by atomic mass is 32.2. The molecule has 1 aliphatic carbocycles. The summed E-state index contributed by atoms with van der Waals surface area (Å²) in [6, 6.07) is 2.02. The van der Waals surface area contributed by atoms with Crippen molar-refractivity contribution in [2.75, 3.05) is 12.0 Å². The van der Waals surface area contributed by atoms with Crippen molar-refractivity contribution < 1.29 is 4.79 Å². The van der Waals surface area contributed by atoms with Gasteiger partial charge in [-0.1, -0.05) is 0 Å². The number of rotatable bonds is 4. The van der Waals surface area contributed by atoms with Gasteiger partial charge in [-0.15, -0.1) is 0 Å². The molecule has 0 aromatic carbocycles. The molecule has 18 heavy (non-hydrogen) atoms. The third-order valence-corrected chi connectivity index (χ3v) is 4.48. The Bertz CT molecular complexity index is 399. The number of aromatic nitrogens is 2. The van der Waals surface area contributed by atoms with Crippen LogP contribution in [0.1, 0.15) is 25.7 Å². The van der Waals surface area contributed by atoms with Crippen LogP contribution in [-0.4, -0.2) is 33.2 Å².